The molecule has 31 heavy (non-hydrogen) atoms. The highest BCUT2D eigenvalue weighted by atomic mass is 16.6. The van der Waals surface area contributed by atoms with Crippen molar-refractivity contribution in [3.8, 4) is 0 Å². The van der Waals surface area contributed by atoms with Crippen LogP contribution in [0, 0.1) is 0 Å². The maximum absolute atomic E-state index is 12.0. The van der Waals surface area contributed by atoms with Gasteiger partial charge in [-0.25, -0.2) is 15.7 Å². The number of imidazole rings is 1. The molecule has 3 rings (SSSR count). The molecule has 0 amide bonds. The Morgan fingerprint density at radius 3 is 2.45 bits per heavy atom. The molecule has 1 heterocycles. The van der Waals surface area contributed by atoms with E-state index in [0.29, 0.717) is 19.4 Å². The van der Waals surface area contributed by atoms with E-state index in [1.807, 2.05) is 36.8 Å². The third kappa shape index (κ3) is 6.38. The minimum Gasteiger partial charge on any atom is -0.464 e. The molecule has 0 spiro atoms. The average Bonchev–Trinajstić information content (AvgIpc) is 3.34. The van der Waals surface area contributed by atoms with Crippen LogP contribution in [-0.4, -0.2) is 28.2 Å². The van der Waals surface area contributed by atoms with Crippen molar-refractivity contribution < 1.29 is 14.4 Å². The fraction of sp³-hybridized carbons (Fsp3) is 0.280. The predicted molar refractivity (Wildman–Crippen MR) is 121 cm³/mol. The van der Waals surface area contributed by atoms with Crippen LogP contribution in [0.25, 0.3) is 5.57 Å². The van der Waals surface area contributed by atoms with E-state index >= 15 is 0 Å². The summed E-state index contributed by atoms with van der Waals surface area (Å²) in [5, 5.41) is 0. The summed E-state index contributed by atoms with van der Waals surface area (Å²) in [6, 6.07) is 20.7. The van der Waals surface area contributed by atoms with Crippen LogP contribution < -0.4 is 5.90 Å². The van der Waals surface area contributed by atoms with Gasteiger partial charge in [-0.05, 0) is 42.9 Å². The number of hydrogen-bond donors (Lipinski definition) is 1. The summed E-state index contributed by atoms with van der Waals surface area (Å²) < 4.78 is 7.16. The van der Waals surface area contributed by atoms with Crippen molar-refractivity contribution in [2.45, 2.75) is 38.3 Å². The summed E-state index contributed by atoms with van der Waals surface area (Å²) in [6.45, 7) is 2.06. The lowest BCUT2D eigenvalue weighted by molar-refractivity contribution is -0.157. The van der Waals surface area contributed by atoms with Crippen LogP contribution >= 0.6 is 0 Å². The first-order chi connectivity index (χ1) is 15.2. The Balaban J connectivity index is 1.90. The van der Waals surface area contributed by atoms with Crippen LogP contribution in [0.4, 0.5) is 0 Å². The van der Waals surface area contributed by atoms with Crippen LogP contribution in [0.1, 0.15) is 36.9 Å². The standard InChI is InChI=1S/C25H29N3O3/c1-2-30-25(29)24(31-26)15-9-14-22(21-12-7-4-8-13-21)23(28-17-16-27-19-28)18-20-10-5-3-6-11-20/h3-8,10-14,16-17,19,23-24H,2,9,15,18,26H2,1H3. The predicted octanol–water partition coefficient (Wildman–Crippen LogP) is 4.35. The molecule has 2 N–H and O–H groups in total. The summed E-state index contributed by atoms with van der Waals surface area (Å²) in [4.78, 5) is 21.1. The molecular weight excluding hydrogens is 390 g/mol. The highest BCUT2D eigenvalue weighted by molar-refractivity contribution is 5.74. The molecule has 3 aromatic rings. The first-order valence-corrected chi connectivity index (χ1v) is 10.5. The van der Waals surface area contributed by atoms with E-state index in [9.17, 15) is 4.79 Å². The number of esters is 1. The molecule has 2 unspecified atom stereocenters. The quantitative estimate of drug-likeness (QED) is 0.369. The zero-order valence-corrected chi connectivity index (χ0v) is 17.8. The van der Waals surface area contributed by atoms with Gasteiger partial charge in [-0.15, -0.1) is 0 Å². The molecule has 0 radical (unpaired) electrons. The maximum Gasteiger partial charge on any atom is 0.337 e. The van der Waals surface area contributed by atoms with Crippen LogP contribution in [0.2, 0.25) is 0 Å². The molecule has 0 aliphatic carbocycles. The molecule has 6 heteroatoms. The monoisotopic (exact) mass is 419 g/mol. The van der Waals surface area contributed by atoms with Crippen molar-refractivity contribution in [3.05, 3.63) is 96.6 Å². The zero-order valence-electron chi connectivity index (χ0n) is 17.8. The molecule has 0 saturated carbocycles. The molecule has 2 aromatic carbocycles. The van der Waals surface area contributed by atoms with Crippen molar-refractivity contribution in [2.24, 2.45) is 5.90 Å². The molecule has 0 saturated heterocycles. The second kappa shape index (κ2) is 11.8. The van der Waals surface area contributed by atoms with E-state index in [1.165, 1.54) is 5.56 Å². The Labute approximate surface area is 183 Å². The third-order valence-electron chi connectivity index (χ3n) is 5.13. The van der Waals surface area contributed by atoms with Crippen LogP contribution in [0.5, 0.6) is 0 Å². The average molecular weight is 420 g/mol. The Morgan fingerprint density at radius 1 is 1.13 bits per heavy atom. The van der Waals surface area contributed by atoms with E-state index < -0.39 is 12.1 Å². The van der Waals surface area contributed by atoms with Crippen molar-refractivity contribution in [2.75, 3.05) is 6.61 Å². The molecule has 6 nitrogen and oxygen atoms in total. The minimum absolute atomic E-state index is 0.0483. The number of benzene rings is 2. The number of nitrogens with two attached hydrogens (primary N) is 1. The lowest BCUT2D eigenvalue weighted by Crippen LogP contribution is -2.29. The summed E-state index contributed by atoms with van der Waals surface area (Å²) in [5.41, 5.74) is 3.51. The smallest absolute Gasteiger partial charge is 0.337 e. The maximum atomic E-state index is 12.0. The zero-order chi connectivity index (χ0) is 21.9. The SMILES string of the molecule is CCOC(=O)C(CCC=C(c1ccccc1)C(Cc1ccccc1)n1ccnc1)ON. The van der Waals surface area contributed by atoms with Gasteiger partial charge in [0, 0.05) is 12.4 Å². The molecule has 1 aromatic heterocycles. The van der Waals surface area contributed by atoms with Crippen molar-refractivity contribution in [1.82, 2.24) is 9.55 Å². The summed E-state index contributed by atoms with van der Waals surface area (Å²) in [5.74, 6) is 4.90. The van der Waals surface area contributed by atoms with Gasteiger partial charge in [-0.2, -0.15) is 0 Å². The normalized spacial score (nSPS) is 13.5. The van der Waals surface area contributed by atoms with Crippen molar-refractivity contribution in [3.63, 3.8) is 0 Å². The Bertz CT molecular complexity index is 941. The van der Waals surface area contributed by atoms with Crippen LogP contribution in [0.3, 0.4) is 0 Å². The Hall–Kier alpha value is -3.22. The first-order valence-electron chi connectivity index (χ1n) is 10.5. The lowest BCUT2D eigenvalue weighted by atomic mass is 9.91. The Morgan fingerprint density at radius 2 is 1.84 bits per heavy atom. The summed E-state index contributed by atoms with van der Waals surface area (Å²) >= 11 is 0. The fourth-order valence-electron chi connectivity index (χ4n) is 3.61. The second-order valence-corrected chi connectivity index (χ2v) is 7.20. The second-order valence-electron chi connectivity index (χ2n) is 7.20. The summed E-state index contributed by atoms with van der Waals surface area (Å²) in [6.07, 6.45) is 8.86. The number of carbonyl (C=O) groups excluding carboxylic acids is 1. The number of rotatable bonds is 11. The van der Waals surface area contributed by atoms with Gasteiger partial charge in [0.1, 0.15) is 0 Å². The van der Waals surface area contributed by atoms with Crippen LogP contribution in [-0.2, 0) is 20.8 Å². The van der Waals surface area contributed by atoms with Crippen molar-refractivity contribution >= 4 is 11.5 Å². The number of nitrogens with zero attached hydrogens (tertiary/aromatic N) is 2. The highest BCUT2D eigenvalue weighted by Gasteiger charge is 2.21. The number of allylic oxidation sites excluding steroid dienone is 2. The van der Waals surface area contributed by atoms with E-state index in [2.05, 4.69) is 52.0 Å². The van der Waals surface area contributed by atoms with Gasteiger partial charge in [0.05, 0.1) is 19.0 Å². The third-order valence-corrected chi connectivity index (χ3v) is 5.13. The van der Waals surface area contributed by atoms with Gasteiger partial charge < -0.3 is 9.30 Å². The van der Waals surface area contributed by atoms with Gasteiger partial charge >= 0.3 is 5.97 Å². The lowest BCUT2D eigenvalue weighted by Gasteiger charge is -2.23. The van der Waals surface area contributed by atoms with Gasteiger partial charge in [0.25, 0.3) is 0 Å². The van der Waals surface area contributed by atoms with Crippen LogP contribution in [0.15, 0.2) is 85.5 Å². The van der Waals surface area contributed by atoms with Crippen molar-refractivity contribution in [1.29, 1.82) is 0 Å². The molecule has 0 aliphatic heterocycles. The molecule has 0 bridgehead atoms. The van der Waals surface area contributed by atoms with E-state index in [0.717, 1.165) is 17.6 Å². The van der Waals surface area contributed by atoms with E-state index in [1.54, 1.807) is 13.1 Å². The minimum atomic E-state index is -0.783. The molecule has 162 valence electrons. The molecule has 0 aliphatic rings. The molecule has 0 fully saturated rings. The highest BCUT2D eigenvalue weighted by Crippen LogP contribution is 2.31. The van der Waals surface area contributed by atoms with Gasteiger partial charge in [0.2, 0.25) is 0 Å². The Kier molecular flexibility index (Phi) is 8.58. The van der Waals surface area contributed by atoms with Gasteiger partial charge in [-0.3, -0.25) is 4.84 Å². The number of ether oxygens (including phenoxy) is 1. The van der Waals surface area contributed by atoms with E-state index in [4.69, 9.17) is 15.5 Å². The largest absolute Gasteiger partial charge is 0.464 e. The van der Waals surface area contributed by atoms with E-state index in [-0.39, 0.29) is 6.04 Å². The first kappa shape index (κ1) is 22.5. The topological polar surface area (TPSA) is 79.4 Å². The number of carbonyl (C=O) groups is 1. The number of hydrogen-bond acceptors (Lipinski definition) is 5. The number of aromatic nitrogens is 2. The van der Waals surface area contributed by atoms with Gasteiger partial charge in [-0.1, -0.05) is 66.7 Å². The molecular formula is C25H29N3O3. The fourth-order valence-corrected chi connectivity index (χ4v) is 3.61. The van der Waals surface area contributed by atoms with Gasteiger partial charge in [0.15, 0.2) is 6.10 Å². The summed E-state index contributed by atoms with van der Waals surface area (Å²) in [7, 11) is 0. The molecule has 2 atom stereocenters.